The van der Waals surface area contributed by atoms with Crippen molar-refractivity contribution >= 4 is 29.2 Å². The van der Waals surface area contributed by atoms with Crippen LogP contribution in [0.15, 0.2) is 42.5 Å². The van der Waals surface area contributed by atoms with E-state index in [2.05, 4.69) is 10.1 Å². The fraction of sp³-hybridized carbons (Fsp3) is 0.211. The largest absolute Gasteiger partial charge is 0.465 e. The number of rotatable bonds is 6. The van der Waals surface area contributed by atoms with Gasteiger partial charge in [0.2, 0.25) is 11.8 Å². The summed E-state index contributed by atoms with van der Waals surface area (Å²) in [6.07, 6.45) is -0.117. The number of anilines is 2. The summed E-state index contributed by atoms with van der Waals surface area (Å²) in [5.41, 5.74) is 0.609. The summed E-state index contributed by atoms with van der Waals surface area (Å²) in [6, 6.07) is 9.37. The van der Waals surface area contributed by atoms with E-state index in [0.717, 1.165) is 17.0 Å². The molecular formula is C19H18F2N2O4. The van der Waals surface area contributed by atoms with Crippen LogP contribution in [0.4, 0.5) is 20.2 Å². The molecule has 27 heavy (non-hydrogen) atoms. The van der Waals surface area contributed by atoms with Crippen LogP contribution in [0.2, 0.25) is 0 Å². The summed E-state index contributed by atoms with van der Waals surface area (Å²) < 4.78 is 31.1. The van der Waals surface area contributed by atoms with Crippen molar-refractivity contribution in [3.05, 3.63) is 59.7 Å². The maximum absolute atomic E-state index is 13.4. The monoisotopic (exact) mass is 376 g/mol. The van der Waals surface area contributed by atoms with Crippen LogP contribution in [0.1, 0.15) is 23.7 Å². The SMILES string of the molecule is COC(=O)c1ccccc1NC(=O)CCN(C(C)=O)c1ccc(F)c(F)c1. The minimum Gasteiger partial charge on any atom is -0.465 e. The van der Waals surface area contributed by atoms with Crippen molar-refractivity contribution in [2.24, 2.45) is 0 Å². The first kappa shape index (κ1) is 20.0. The lowest BCUT2D eigenvalue weighted by Gasteiger charge is -2.21. The topological polar surface area (TPSA) is 75.7 Å². The van der Waals surface area contributed by atoms with Gasteiger partial charge in [0.25, 0.3) is 0 Å². The van der Waals surface area contributed by atoms with Crippen molar-refractivity contribution in [3.63, 3.8) is 0 Å². The maximum Gasteiger partial charge on any atom is 0.339 e. The number of halogens is 2. The molecule has 0 atom stereocenters. The average molecular weight is 376 g/mol. The van der Waals surface area contributed by atoms with Crippen molar-refractivity contribution in [1.29, 1.82) is 0 Å². The second kappa shape index (κ2) is 8.88. The van der Waals surface area contributed by atoms with E-state index < -0.39 is 29.4 Å². The lowest BCUT2D eigenvalue weighted by atomic mass is 10.1. The van der Waals surface area contributed by atoms with Gasteiger partial charge < -0.3 is 15.0 Å². The minimum absolute atomic E-state index is 0.0490. The number of hydrogen-bond acceptors (Lipinski definition) is 4. The Morgan fingerprint density at radius 1 is 1.07 bits per heavy atom. The van der Waals surface area contributed by atoms with Gasteiger partial charge in [0.05, 0.1) is 18.4 Å². The van der Waals surface area contributed by atoms with Crippen molar-refractivity contribution in [2.75, 3.05) is 23.9 Å². The summed E-state index contributed by atoms with van der Waals surface area (Å²) in [4.78, 5) is 36.9. The van der Waals surface area contributed by atoms with Gasteiger partial charge in [-0.2, -0.15) is 0 Å². The molecule has 0 aromatic heterocycles. The standard InChI is InChI=1S/C19H18F2N2O4/c1-12(24)23(13-7-8-15(20)16(21)11-13)10-9-18(25)22-17-6-4-3-5-14(17)19(26)27-2/h3-8,11H,9-10H2,1-2H3,(H,22,25). The summed E-state index contributed by atoms with van der Waals surface area (Å²) in [5, 5.41) is 2.58. The molecule has 0 aliphatic rings. The van der Waals surface area contributed by atoms with Crippen molar-refractivity contribution in [3.8, 4) is 0 Å². The Kier molecular flexibility index (Phi) is 6.59. The van der Waals surface area contributed by atoms with E-state index in [1.165, 1.54) is 26.2 Å². The third-order valence-electron chi connectivity index (χ3n) is 3.76. The highest BCUT2D eigenvalue weighted by atomic mass is 19.2. The molecule has 2 rings (SSSR count). The van der Waals surface area contributed by atoms with Crippen molar-refractivity contribution in [2.45, 2.75) is 13.3 Å². The number of esters is 1. The predicted octanol–water partition coefficient (Wildman–Crippen LogP) is 3.13. The van der Waals surface area contributed by atoms with E-state index in [0.29, 0.717) is 0 Å². The van der Waals surface area contributed by atoms with E-state index in [9.17, 15) is 23.2 Å². The van der Waals surface area contributed by atoms with Gasteiger partial charge in [-0.1, -0.05) is 12.1 Å². The molecule has 2 aromatic carbocycles. The lowest BCUT2D eigenvalue weighted by Crippen LogP contribution is -2.32. The van der Waals surface area contributed by atoms with Gasteiger partial charge in [-0.3, -0.25) is 9.59 Å². The first-order chi connectivity index (χ1) is 12.8. The second-order valence-electron chi connectivity index (χ2n) is 5.60. The zero-order valence-corrected chi connectivity index (χ0v) is 14.8. The molecule has 0 saturated carbocycles. The number of para-hydroxylation sites is 1. The molecule has 142 valence electrons. The molecule has 6 nitrogen and oxygen atoms in total. The first-order valence-corrected chi connectivity index (χ1v) is 8.04. The minimum atomic E-state index is -1.09. The van der Waals surface area contributed by atoms with E-state index in [1.807, 2.05) is 0 Å². The highest BCUT2D eigenvalue weighted by molar-refractivity contribution is 6.01. The summed E-state index contributed by atoms with van der Waals surface area (Å²) in [6.45, 7) is 1.21. The van der Waals surface area contributed by atoms with E-state index in [1.54, 1.807) is 18.2 Å². The van der Waals surface area contributed by atoms with Gasteiger partial charge in [-0.15, -0.1) is 0 Å². The number of ether oxygens (including phenoxy) is 1. The van der Waals surface area contributed by atoms with Crippen LogP contribution in [-0.4, -0.2) is 31.4 Å². The Labute approximate surface area is 154 Å². The van der Waals surface area contributed by atoms with Crippen LogP contribution in [0, 0.1) is 11.6 Å². The molecule has 0 bridgehead atoms. The van der Waals surface area contributed by atoms with Gasteiger partial charge in [0, 0.05) is 31.6 Å². The highest BCUT2D eigenvalue weighted by Gasteiger charge is 2.17. The van der Waals surface area contributed by atoms with Gasteiger partial charge in [-0.25, -0.2) is 13.6 Å². The van der Waals surface area contributed by atoms with Crippen LogP contribution < -0.4 is 10.2 Å². The fourth-order valence-electron chi connectivity index (χ4n) is 2.43. The van der Waals surface area contributed by atoms with Crippen molar-refractivity contribution < 1.29 is 27.9 Å². The number of amides is 2. The Morgan fingerprint density at radius 2 is 1.78 bits per heavy atom. The van der Waals surface area contributed by atoms with E-state index >= 15 is 0 Å². The summed E-state index contributed by atoms with van der Waals surface area (Å²) in [7, 11) is 1.23. The van der Waals surface area contributed by atoms with Crippen LogP contribution >= 0.6 is 0 Å². The normalized spacial score (nSPS) is 10.2. The second-order valence-corrected chi connectivity index (χ2v) is 5.60. The fourth-order valence-corrected chi connectivity index (χ4v) is 2.43. The van der Waals surface area contributed by atoms with Crippen LogP contribution in [-0.2, 0) is 14.3 Å². The molecular weight excluding hydrogens is 358 g/mol. The molecule has 2 aromatic rings. The molecule has 0 spiro atoms. The number of benzene rings is 2. The van der Waals surface area contributed by atoms with E-state index in [-0.39, 0.29) is 29.9 Å². The molecule has 1 N–H and O–H groups in total. The maximum atomic E-state index is 13.4. The molecule has 0 radical (unpaired) electrons. The average Bonchev–Trinajstić information content (AvgIpc) is 2.64. The van der Waals surface area contributed by atoms with Gasteiger partial charge in [0.1, 0.15) is 0 Å². The molecule has 2 amide bonds. The number of nitrogens with one attached hydrogen (secondary N) is 1. The number of methoxy groups -OCH3 is 1. The van der Waals surface area contributed by atoms with Gasteiger partial charge in [-0.05, 0) is 24.3 Å². The number of carbonyl (C=O) groups is 3. The first-order valence-electron chi connectivity index (χ1n) is 8.04. The Morgan fingerprint density at radius 3 is 2.41 bits per heavy atom. The van der Waals surface area contributed by atoms with Crippen LogP contribution in [0.5, 0.6) is 0 Å². The molecule has 8 heteroatoms. The highest BCUT2D eigenvalue weighted by Crippen LogP contribution is 2.20. The molecule has 0 aliphatic heterocycles. The Bertz CT molecular complexity index is 871. The quantitative estimate of drug-likeness (QED) is 0.786. The third kappa shape index (κ3) is 5.10. The van der Waals surface area contributed by atoms with E-state index in [4.69, 9.17) is 0 Å². The molecule has 0 aliphatic carbocycles. The Balaban J connectivity index is 2.08. The van der Waals surface area contributed by atoms with Crippen LogP contribution in [0.3, 0.4) is 0 Å². The third-order valence-corrected chi connectivity index (χ3v) is 3.76. The molecule has 0 saturated heterocycles. The predicted molar refractivity (Wildman–Crippen MR) is 95.4 cm³/mol. The molecule has 0 fully saturated rings. The smallest absolute Gasteiger partial charge is 0.339 e. The molecule has 0 heterocycles. The summed E-state index contributed by atoms with van der Waals surface area (Å²) in [5.74, 6) is -3.60. The number of nitrogens with zero attached hydrogens (tertiary/aromatic N) is 1. The van der Waals surface area contributed by atoms with Gasteiger partial charge in [0.15, 0.2) is 11.6 Å². The summed E-state index contributed by atoms with van der Waals surface area (Å²) >= 11 is 0. The van der Waals surface area contributed by atoms with Crippen LogP contribution in [0.25, 0.3) is 0 Å². The van der Waals surface area contributed by atoms with Crippen molar-refractivity contribution in [1.82, 2.24) is 0 Å². The zero-order valence-electron chi connectivity index (χ0n) is 14.8. The molecule has 0 unspecified atom stereocenters. The number of carbonyl (C=O) groups excluding carboxylic acids is 3. The van der Waals surface area contributed by atoms with Gasteiger partial charge >= 0.3 is 5.97 Å². The lowest BCUT2D eigenvalue weighted by molar-refractivity contribution is -0.117. The zero-order chi connectivity index (χ0) is 20.0. The Hall–Kier alpha value is -3.29. The number of hydrogen-bond donors (Lipinski definition) is 1.